The van der Waals surface area contributed by atoms with Gasteiger partial charge >= 0.3 is 6.01 Å². The fourth-order valence-electron chi connectivity index (χ4n) is 1.49. The van der Waals surface area contributed by atoms with E-state index >= 15 is 0 Å². The maximum Gasteiger partial charge on any atom is 0.323 e. The van der Waals surface area contributed by atoms with Gasteiger partial charge in [-0.25, -0.2) is 4.98 Å². The quantitative estimate of drug-likeness (QED) is 0.781. The van der Waals surface area contributed by atoms with Crippen molar-refractivity contribution < 1.29 is 9.47 Å². The van der Waals surface area contributed by atoms with Gasteiger partial charge in [0.05, 0.1) is 16.1 Å². The van der Waals surface area contributed by atoms with Crippen LogP contribution in [0.1, 0.15) is 11.4 Å². The topological polar surface area (TPSA) is 68.0 Å². The molecule has 7 heteroatoms. The summed E-state index contributed by atoms with van der Waals surface area (Å²) in [6, 6.07) is 7.18. The first-order valence-corrected chi connectivity index (χ1v) is 7.08. The van der Waals surface area contributed by atoms with E-state index in [2.05, 4.69) is 41.8 Å². The van der Waals surface area contributed by atoms with E-state index in [4.69, 9.17) is 14.7 Å². The van der Waals surface area contributed by atoms with Crippen molar-refractivity contribution in [2.75, 3.05) is 7.11 Å². The Hall–Kier alpha value is -1.65. The van der Waals surface area contributed by atoms with Crippen LogP contribution in [-0.2, 0) is 0 Å². The molecule has 0 atom stereocenters. The fourth-order valence-corrected chi connectivity index (χ4v) is 2.38. The number of methoxy groups -OCH3 is 1. The molecule has 0 N–H and O–H groups in total. The zero-order chi connectivity index (χ0) is 14.7. The maximum absolute atomic E-state index is 8.89. The zero-order valence-electron chi connectivity index (χ0n) is 10.6. The average molecular weight is 399 g/mol. The molecule has 102 valence electrons. The Balaban J connectivity index is 2.38. The van der Waals surface area contributed by atoms with E-state index in [-0.39, 0.29) is 11.7 Å². The first-order chi connectivity index (χ1) is 9.53. The second-order valence-electron chi connectivity index (χ2n) is 3.81. The van der Waals surface area contributed by atoms with Gasteiger partial charge in [-0.1, -0.05) is 0 Å². The van der Waals surface area contributed by atoms with Crippen molar-refractivity contribution in [1.29, 1.82) is 5.26 Å². The highest BCUT2D eigenvalue weighted by Gasteiger charge is 2.11. The molecule has 0 radical (unpaired) electrons. The summed E-state index contributed by atoms with van der Waals surface area (Å²) in [5, 5.41) is 8.89. The number of aryl methyl sites for hydroxylation is 1. The molecule has 0 aliphatic carbocycles. The molecular formula is C13H9Br2N3O2. The van der Waals surface area contributed by atoms with Gasteiger partial charge in [-0.15, -0.1) is 0 Å². The SMILES string of the molecule is COc1cc(Br)c(Oc2nc(C)cc(C#N)n2)cc1Br. The minimum Gasteiger partial charge on any atom is -0.496 e. The third-order valence-electron chi connectivity index (χ3n) is 2.36. The highest BCUT2D eigenvalue weighted by molar-refractivity contribution is 9.11. The monoisotopic (exact) mass is 397 g/mol. The molecule has 0 saturated carbocycles. The second kappa shape index (κ2) is 6.20. The zero-order valence-corrected chi connectivity index (χ0v) is 13.8. The molecule has 0 saturated heterocycles. The molecule has 1 aromatic heterocycles. The lowest BCUT2D eigenvalue weighted by molar-refractivity contribution is 0.406. The van der Waals surface area contributed by atoms with E-state index in [0.717, 1.165) is 4.47 Å². The van der Waals surface area contributed by atoms with Gasteiger partial charge in [-0.3, -0.25) is 0 Å². The van der Waals surface area contributed by atoms with Gasteiger partial charge in [-0.05, 0) is 50.9 Å². The summed E-state index contributed by atoms with van der Waals surface area (Å²) < 4.78 is 12.2. The van der Waals surface area contributed by atoms with Crippen LogP contribution in [0.2, 0.25) is 0 Å². The third-order valence-corrected chi connectivity index (χ3v) is 3.60. The molecule has 1 heterocycles. The van der Waals surface area contributed by atoms with Gasteiger partial charge in [0.25, 0.3) is 0 Å². The van der Waals surface area contributed by atoms with E-state index in [0.29, 0.717) is 21.7 Å². The summed E-state index contributed by atoms with van der Waals surface area (Å²) in [4.78, 5) is 8.14. The highest BCUT2D eigenvalue weighted by atomic mass is 79.9. The molecule has 0 aliphatic rings. The molecule has 0 aliphatic heterocycles. The van der Waals surface area contributed by atoms with Crippen molar-refractivity contribution in [2.45, 2.75) is 6.92 Å². The maximum atomic E-state index is 8.89. The fraction of sp³-hybridized carbons (Fsp3) is 0.154. The number of aromatic nitrogens is 2. The van der Waals surface area contributed by atoms with E-state index in [1.54, 1.807) is 32.2 Å². The van der Waals surface area contributed by atoms with Crippen LogP contribution in [0, 0.1) is 18.3 Å². The summed E-state index contributed by atoms with van der Waals surface area (Å²) in [5.74, 6) is 1.19. The number of halogens is 2. The van der Waals surface area contributed by atoms with Crippen molar-refractivity contribution in [2.24, 2.45) is 0 Å². The van der Waals surface area contributed by atoms with Gasteiger partial charge < -0.3 is 9.47 Å². The van der Waals surface area contributed by atoms with Crippen LogP contribution in [0.5, 0.6) is 17.5 Å². The summed E-state index contributed by atoms with van der Waals surface area (Å²) >= 11 is 6.77. The van der Waals surface area contributed by atoms with Gasteiger partial charge in [-0.2, -0.15) is 10.2 Å². The number of hydrogen-bond donors (Lipinski definition) is 0. The van der Waals surface area contributed by atoms with Crippen LogP contribution in [0.4, 0.5) is 0 Å². The Kier molecular flexibility index (Phi) is 4.57. The number of hydrogen-bond acceptors (Lipinski definition) is 5. The van der Waals surface area contributed by atoms with E-state index < -0.39 is 0 Å². The van der Waals surface area contributed by atoms with Gasteiger partial charge in [0.15, 0.2) is 0 Å². The van der Waals surface area contributed by atoms with Gasteiger partial charge in [0.2, 0.25) is 0 Å². The number of rotatable bonds is 3. The minimum absolute atomic E-state index is 0.124. The number of nitriles is 1. The van der Waals surface area contributed by atoms with Crippen molar-refractivity contribution >= 4 is 31.9 Å². The number of benzene rings is 1. The molecule has 0 bridgehead atoms. The van der Waals surface area contributed by atoms with Gasteiger partial charge in [0.1, 0.15) is 23.3 Å². The van der Waals surface area contributed by atoms with Crippen molar-refractivity contribution in [3.8, 4) is 23.6 Å². The summed E-state index contributed by atoms with van der Waals surface area (Å²) in [6.45, 7) is 1.77. The predicted octanol–water partition coefficient (Wildman–Crippen LogP) is 3.98. The first kappa shape index (κ1) is 14.8. The van der Waals surface area contributed by atoms with Crippen LogP contribution in [0.15, 0.2) is 27.1 Å². The molecule has 0 spiro atoms. The normalized spacial score (nSPS) is 9.95. The predicted molar refractivity (Wildman–Crippen MR) is 80.0 cm³/mol. The lowest BCUT2D eigenvalue weighted by atomic mass is 10.3. The van der Waals surface area contributed by atoms with Crippen LogP contribution in [0.3, 0.4) is 0 Å². The summed E-state index contributed by atoms with van der Waals surface area (Å²) in [5.41, 5.74) is 0.923. The molecule has 2 aromatic rings. The number of nitrogens with zero attached hydrogens (tertiary/aromatic N) is 3. The lowest BCUT2D eigenvalue weighted by Gasteiger charge is -2.10. The van der Waals surface area contributed by atoms with E-state index in [1.807, 2.05) is 6.07 Å². The van der Waals surface area contributed by atoms with Crippen LogP contribution >= 0.6 is 31.9 Å². The Morgan fingerprint density at radius 2 is 1.75 bits per heavy atom. The molecule has 5 nitrogen and oxygen atoms in total. The summed E-state index contributed by atoms with van der Waals surface area (Å²) in [6.07, 6.45) is 0. The Labute approximate surface area is 132 Å². The first-order valence-electron chi connectivity index (χ1n) is 5.50. The molecule has 1 aromatic carbocycles. The largest absolute Gasteiger partial charge is 0.496 e. The number of ether oxygens (including phenoxy) is 2. The molecule has 0 fully saturated rings. The van der Waals surface area contributed by atoms with E-state index in [1.165, 1.54) is 0 Å². The van der Waals surface area contributed by atoms with Crippen LogP contribution in [-0.4, -0.2) is 17.1 Å². The molecule has 20 heavy (non-hydrogen) atoms. The third kappa shape index (κ3) is 3.26. The highest BCUT2D eigenvalue weighted by Crippen LogP contribution is 2.37. The van der Waals surface area contributed by atoms with Gasteiger partial charge in [0, 0.05) is 11.8 Å². The van der Waals surface area contributed by atoms with Crippen molar-refractivity contribution in [1.82, 2.24) is 9.97 Å². The Morgan fingerprint density at radius 1 is 1.10 bits per heavy atom. The van der Waals surface area contributed by atoms with Crippen molar-refractivity contribution in [3.63, 3.8) is 0 Å². The smallest absolute Gasteiger partial charge is 0.323 e. The second-order valence-corrected chi connectivity index (χ2v) is 5.52. The molecular weight excluding hydrogens is 390 g/mol. The standard InChI is InChI=1S/C13H9Br2N3O2/c1-7-3-8(6-16)18-13(17-7)20-12-5-9(14)11(19-2)4-10(12)15/h3-5H,1-2H3. The Morgan fingerprint density at radius 3 is 2.40 bits per heavy atom. The molecule has 0 unspecified atom stereocenters. The van der Waals surface area contributed by atoms with E-state index in [9.17, 15) is 0 Å². The van der Waals surface area contributed by atoms with Crippen LogP contribution < -0.4 is 9.47 Å². The lowest BCUT2D eigenvalue weighted by Crippen LogP contribution is -1.97. The average Bonchev–Trinajstić information content (AvgIpc) is 2.41. The molecule has 0 amide bonds. The molecule has 2 rings (SSSR count). The van der Waals surface area contributed by atoms with Crippen LogP contribution in [0.25, 0.3) is 0 Å². The van der Waals surface area contributed by atoms with Crippen molar-refractivity contribution in [3.05, 3.63) is 38.5 Å². The minimum atomic E-state index is 0.124. The summed E-state index contributed by atoms with van der Waals surface area (Å²) in [7, 11) is 1.58. The Bertz CT molecular complexity index is 699.